The van der Waals surface area contributed by atoms with Gasteiger partial charge >= 0.3 is 0 Å². The SMILES string of the molecule is CCCCc1ccc(Nc2cc(CCC)c(C#N)c3[nH]c4ccccc4[n+]23)cc1. The molecule has 0 spiro atoms. The van der Waals surface area contributed by atoms with Crippen LogP contribution in [-0.4, -0.2) is 4.98 Å². The van der Waals surface area contributed by atoms with Crippen LogP contribution in [0.5, 0.6) is 0 Å². The molecule has 4 aromatic rings. The third kappa shape index (κ3) is 3.69. The second kappa shape index (κ2) is 8.36. The van der Waals surface area contributed by atoms with Crippen molar-refractivity contribution >= 4 is 28.2 Å². The first-order chi connectivity index (χ1) is 14.2. The first-order valence-electron chi connectivity index (χ1n) is 10.5. The Labute approximate surface area is 171 Å². The fourth-order valence-electron chi connectivity index (χ4n) is 3.92. The van der Waals surface area contributed by atoms with E-state index in [1.54, 1.807) is 0 Å². The Hall–Kier alpha value is -3.32. The molecule has 2 heterocycles. The lowest BCUT2D eigenvalue weighted by molar-refractivity contribution is -0.464. The van der Waals surface area contributed by atoms with Crippen molar-refractivity contribution in [2.24, 2.45) is 0 Å². The molecule has 0 aliphatic carbocycles. The molecule has 0 aliphatic heterocycles. The Bertz CT molecular complexity index is 1180. The van der Waals surface area contributed by atoms with E-state index in [2.05, 4.69) is 77.1 Å². The van der Waals surface area contributed by atoms with E-state index in [1.807, 2.05) is 12.1 Å². The van der Waals surface area contributed by atoms with Crippen LogP contribution in [0.15, 0.2) is 54.6 Å². The monoisotopic (exact) mass is 383 g/mol. The van der Waals surface area contributed by atoms with Crippen molar-refractivity contribution in [2.75, 3.05) is 5.32 Å². The van der Waals surface area contributed by atoms with E-state index in [4.69, 9.17) is 0 Å². The highest BCUT2D eigenvalue weighted by Crippen LogP contribution is 2.24. The molecule has 4 nitrogen and oxygen atoms in total. The van der Waals surface area contributed by atoms with Crippen LogP contribution in [-0.2, 0) is 12.8 Å². The van der Waals surface area contributed by atoms with Crippen molar-refractivity contribution in [1.82, 2.24) is 4.98 Å². The topological polar surface area (TPSA) is 55.7 Å². The van der Waals surface area contributed by atoms with Crippen molar-refractivity contribution in [1.29, 1.82) is 5.26 Å². The van der Waals surface area contributed by atoms with E-state index >= 15 is 0 Å². The highest BCUT2D eigenvalue weighted by Gasteiger charge is 2.21. The molecule has 2 N–H and O–H groups in total. The van der Waals surface area contributed by atoms with E-state index in [-0.39, 0.29) is 0 Å². The van der Waals surface area contributed by atoms with Crippen molar-refractivity contribution < 1.29 is 4.40 Å². The number of imidazole rings is 1. The molecule has 29 heavy (non-hydrogen) atoms. The van der Waals surface area contributed by atoms with Crippen LogP contribution in [0.3, 0.4) is 0 Å². The molecule has 0 saturated heterocycles. The fourth-order valence-corrected chi connectivity index (χ4v) is 3.92. The van der Waals surface area contributed by atoms with Gasteiger partial charge in [-0.15, -0.1) is 0 Å². The summed E-state index contributed by atoms with van der Waals surface area (Å²) in [5, 5.41) is 13.4. The Morgan fingerprint density at radius 3 is 2.52 bits per heavy atom. The molecule has 0 radical (unpaired) electrons. The summed E-state index contributed by atoms with van der Waals surface area (Å²) in [4.78, 5) is 3.46. The molecule has 0 unspecified atom stereocenters. The molecule has 4 rings (SSSR count). The van der Waals surface area contributed by atoms with Gasteiger partial charge in [-0.2, -0.15) is 9.66 Å². The number of unbranched alkanes of at least 4 members (excludes halogenated alkanes) is 1. The van der Waals surface area contributed by atoms with Gasteiger partial charge < -0.3 is 0 Å². The van der Waals surface area contributed by atoms with Gasteiger partial charge in [-0.25, -0.2) is 0 Å². The predicted octanol–water partition coefficient (Wildman–Crippen LogP) is 5.82. The summed E-state index contributed by atoms with van der Waals surface area (Å²) < 4.78 is 2.12. The average molecular weight is 384 g/mol. The summed E-state index contributed by atoms with van der Waals surface area (Å²) in [6.07, 6.45) is 5.42. The van der Waals surface area contributed by atoms with E-state index in [0.717, 1.165) is 58.6 Å². The number of nitrogens with one attached hydrogen (secondary N) is 2. The molecule has 0 fully saturated rings. The summed E-state index contributed by atoms with van der Waals surface area (Å²) in [6, 6.07) is 21.4. The van der Waals surface area contributed by atoms with E-state index < -0.39 is 0 Å². The Morgan fingerprint density at radius 2 is 1.79 bits per heavy atom. The van der Waals surface area contributed by atoms with E-state index in [0.29, 0.717) is 0 Å². The number of H-pyrrole nitrogens is 1. The fraction of sp³-hybridized carbons (Fsp3) is 0.280. The van der Waals surface area contributed by atoms with Gasteiger partial charge in [0.2, 0.25) is 11.5 Å². The quantitative estimate of drug-likeness (QED) is 0.395. The zero-order valence-corrected chi connectivity index (χ0v) is 17.1. The number of nitriles is 1. The van der Waals surface area contributed by atoms with Gasteiger partial charge in [0.05, 0.1) is 5.69 Å². The second-order valence-electron chi connectivity index (χ2n) is 7.54. The van der Waals surface area contributed by atoms with E-state index in [9.17, 15) is 5.26 Å². The van der Waals surface area contributed by atoms with Gasteiger partial charge in [0, 0.05) is 6.07 Å². The number of hydrogen-bond donors (Lipinski definition) is 2. The molecule has 4 heteroatoms. The lowest BCUT2D eigenvalue weighted by atomic mass is 10.1. The van der Waals surface area contributed by atoms with Gasteiger partial charge in [0.15, 0.2) is 0 Å². The van der Waals surface area contributed by atoms with E-state index in [1.165, 1.54) is 18.4 Å². The molecule has 0 aliphatic rings. The molecule has 2 aromatic carbocycles. The first kappa shape index (κ1) is 19.0. The maximum Gasteiger partial charge on any atom is 0.250 e. The number of aryl methyl sites for hydroxylation is 2. The van der Waals surface area contributed by atoms with Crippen LogP contribution in [0.2, 0.25) is 0 Å². The van der Waals surface area contributed by atoms with Crippen LogP contribution in [0.25, 0.3) is 16.7 Å². The van der Waals surface area contributed by atoms with Gasteiger partial charge in [-0.1, -0.05) is 51.0 Å². The smallest absolute Gasteiger partial charge is 0.250 e. The van der Waals surface area contributed by atoms with Crippen LogP contribution in [0.1, 0.15) is 49.8 Å². The second-order valence-corrected chi connectivity index (χ2v) is 7.54. The molecule has 0 saturated carbocycles. The Kier molecular flexibility index (Phi) is 5.48. The number of nitrogens with zero attached hydrogens (tertiary/aromatic N) is 2. The number of anilines is 2. The Morgan fingerprint density at radius 1 is 1.00 bits per heavy atom. The van der Waals surface area contributed by atoms with Crippen molar-refractivity contribution in [3.05, 3.63) is 71.3 Å². The minimum Gasteiger partial charge on any atom is -0.273 e. The maximum absolute atomic E-state index is 9.85. The van der Waals surface area contributed by atoms with Crippen LogP contribution >= 0.6 is 0 Å². The molecule has 0 bridgehead atoms. The lowest BCUT2D eigenvalue weighted by Crippen LogP contribution is -2.26. The summed E-state index contributed by atoms with van der Waals surface area (Å²) >= 11 is 0. The zero-order chi connectivity index (χ0) is 20.2. The average Bonchev–Trinajstić information content (AvgIpc) is 3.13. The van der Waals surface area contributed by atoms with Gasteiger partial charge in [0.1, 0.15) is 22.7 Å². The van der Waals surface area contributed by atoms with Crippen LogP contribution in [0, 0.1) is 11.3 Å². The number of rotatable bonds is 7. The summed E-state index contributed by atoms with van der Waals surface area (Å²) in [5.74, 6) is 0.973. The van der Waals surface area contributed by atoms with Gasteiger partial charge in [-0.05, 0) is 54.7 Å². The van der Waals surface area contributed by atoms with Gasteiger partial charge in [-0.3, -0.25) is 10.3 Å². The molecule has 2 aromatic heterocycles. The number of para-hydroxylation sites is 2. The third-order valence-corrected chi connectivity index (χ3v) is 5.41. The minimum absolute atomic E-state index is 0.725. The number of benzene rings is 2. The van der Waals surface area contributed by atoms with Crippen LogP contribution < -0.4 is 9.72 Å². The number of hydrogen-bond acceptors (Lipinski definition) is 2. The number of aromatic amines is 1. The van der Waals surface area contributed by atoms with Crippen molar-refractivity contribution in [3.8, 4) is 6.07 Å². The highest BCUT2D eigenvalue weighted by atomic mass is 15.1. The predicted molar refractivity (Wildman–Crippen MR) is 119 cm³/mol. The minimum atomic E-state index is 0.725. The number of pyridine rings is 1. The van der Waals surface area contributed by atoms with Gasteiger partial charge in [0.25, 0.3) is 0 Å². The molecular formula is C25H27N4+. The lowest BCUT2D eigenvalue weighted by Gasteiger charge is -2.09. The number of aromatic nitrogens is 2. The molecule has 0 amide bonds. The summed E-state index contributed by atoms with van der Waals surface area (Å²) in [6.45, 7) is 4.37. The molecular weight excluding hydrogens is 356 g/mol. The standard InChI is InChI=1S/C25H26N4/c1-3-5-9-18-12-14-20(15-13-18)27-24-16-19(8-4-2)21(17-26)25-28-22-10-6-7-11-23(22)29(24)25/h6-7,10-16H,3-5,8-9H2,1-2H3,(H,27,28)/p+1. The summed E-state index contributed by atoms with van der Waals surface area (Å²) in [7, 11) is 0. The maximum atomic E-state index is 9.85. The first-order valence-corrected chi connectivity index (χ1v) is 10.5. The Balaban J connectivity index is 1.83. The largest absolute Gasteiger partial charge is 0.273 e. The highest BCUT2D eigenvalue weighted by molar-refractivity contribution is 5.77. The summed E-state index contributed by atoms with van der Waals surface area (Å²) in [5.41, 5.74) is 7.15. The zero-order valence-electron chi connectivity index (χ0n) is 17.1. The third-order valence-electron chi connectivity index (χ3n) is 5.41. The van der Waals surface area contributed by atoms with Crippen LogP contribution in [0.4, 0.5) is 11.5 Å². The molecule has 0 atom stereocenters. The van der Waals surface area contributed by atoms with Crippen molar-refractivity contribution in [2.45, 2.75) is 46.0 Å². The molecule has 146 valence electrons. The number of fused-ring (bicyclic) bond motifs is 3. The van der Waals surface area contributed by atoms with Crippen molar-refractivity contribution in [3.63, 3.8) is 0 Å². The normalized spacial score (nSPS) is 11.1.